The Morgan fingerprint density at radius 3 is 1.31 bits per heavy atom. The maximum absolute atomic E-state index is 6.68. The first kappa shape index (κ1) is 32.1. The number of hydrogen-bond acceptors (Lipinski definition) is 3. The van der Waals surface area contributed by atoms with Gasteiger partial charge in [0.1, 0.15) is 0 Å². The van der Waals surface area contributed by atoms with E-state index in [4.69, 9.17) is 4.74 Å². The van der Waals surface area contributed by atoms with Crippen LogP contribution in [0.3, 0.4) is 0 Å². The normalized spacial score (nSPS) is 19.1. The minimum Gasteiger partial charge on any atom is -0.360 e. The third-order valence-corrected chi connectivity index (χ3v) is 11.3. The molecular formula is C44H38Br2N2O. The van der Waals surface area contributed by atoms with Crippen LogP contribution in [-0.2, 0) is 15.9 Å². The number of fused-ring (bicyclic) bond motifs is 5. The van der Waals surface area contributed by atoms with Gasteiger partial charge in [-0.25, -0.2) is 0 Å². The number of ether oxygens (including phenoxy) is 1. The van der Waals surface area contributed by atoms with Crippen LogP contribution >= 0.6 is 31.9 Å². The molecule has 0 amide bonds. The van der Waals surface area contributed by atoms with Gasteiger partial charge in [0.05, 0.1) is 11.2 Å². The molecule has 0 spiro atoms. The molecule has 2 aliphatic rings. The molecule has 3 nitrogen and oxygen atoms in total. The molecule has 2 aliphatic heterocycles. The lowest BCUT2D eigenvalue weighted by atomic mass is 9.77. The molecule has 2 heterocycles. The second-order valence-electron chi connectivity index (χ2n) is 13.9. The molecule has 0 radical (unpaired) electrons. The molecule has 6 aromatic carbocycles. The van der Waals surface area contributed by atoms with Crippen molar-refractivity contribution in [2.45, 2.75) is 51.7 Å². The Labute approximate surface area is 306 Å². The number of hydrogen-bond donors (Lipinski definition) is 0. The summed E-state index contributed by atoms with van der Waals surface area (Å²) < 4.78 is 8.77. The van der Waals surface area contributed by atoms with Crippen molar-refractivity contribution >= 4 is 66.0 Å². The summed E-state index contributed by atoms with van der Waals surface area (Å²) in [5.74, 6) is 0. The molecule has 5 heteroatoms. The van der Waals surface area contributed by atoms with Crippen molar-refractivity contribution in [1.29, 1.82) is 0 Å². The lowest BCUT2D eigenvalue weighted by Gasteiger charge is -2.31. The fourth-order valence-electron chi connectivity index (χ4n) is 7.56. The minimum atomic E-state index is -0.253. The van der Waals surface area contributed by atoms with E-state index in [1.807, 2.05) is 0 Å². The van der Waals surface area contributed by atoms with Crippen LogP contribution in [0.2, 0.25) is 0 Å². The predicted molar refractivity (Wildman–Crippen MR) is 211 cm³/mol. The summed E-state index contributed by atoms with van der Waals surface area (Å²) in [6, 6.07) is 48.7. The fraction of sp³-hybridized carbons (Fsp3) is 0.182. The zero-order valence-electron chi connectivity index (χ0n) is 28.2. The summed E-state index contributed by atoms with van der Waals surface area (Å²) in [5, 5.41) is 0. The highest BCUT2D eigenvalue weighted by molar-refractivity contribution is 9.10. The Hall–Kier alpha value is -4.16. The smallest absolute Gasteiger partial charge is 0.0920 e. The van der Waals surface area contributed by atoms with Crippen molar-refractivity contribution in [3.8, 4) is 11.1 Å². The Bertz CT molecular complexity index is 1960. The van der Waals surface area contributed by atoms with E-state index in [0.29, 0.717) is 0 Å². The van der Waals surface area contributed by atoms with Gasteiger partial charge in [0.25, 0.3) is 0 Å². The Morgan fingerprint density at radius 1 is 0.449 bits per heavy atom. The number of benzene rings is 6. The molecule has 0 aromatic heterocycles. The first-order chi connectivity index (χ1) is 23.6. The lowest BCUT2D eigenvalue weighted by molar-refractivity contribution is -0.0662. The Morgan fingerprint density at radius 2 is 0.857 bits per heavy atom. The molecule has 0 aliphatic carbocycles. The molecule has 6 aromatic rings. The fourth-order valence-corrected chi connectivity index (χ4v) is 8.09. The topological polar surface area (TPSA) is 15.7 Å². The van der Waals surface area contributed by atoms with Gasteiger partial charge in [-0.2, -0.15) is 0 Å². The van der Waals surface area contributed by atoms with Crippen LogP contribution in [0.15, 0.2) is 142 Å². The quantitative estimate of drug-likeness (QED) is 0.161. The van der Waals surface area contributed by atoms with Crippen LogP contribution in [0.25, 0.3) is 11.1 Å². The molecule has 2 atom stereocenters. The van der Waals surface area contributed by atoms with Gasteiger partial charge < -0.3 is 14.5 Å². The highest BCUT2D eigenvalue weighted by Gasteiger charge is 2.54. The summed E-state index contributed by atoms with van der Waals surface area (Å²) in [7, 11) is 0. The highest BCUT2D eigenvalue weighted by atomic mass is 79.9. The van der Waals surface area contributed by atoms with E-state index in [9.17, 15) is 0 Å². The Kier molecular flexibility index (Phi) is 8.06. The van der Waals surface area contributed by atoms with Crippen LogP contribution in [-0.4, -0.2) is 0 Å². The second-order valence-corrected chi connectivity index (χ2v) is 15.7. The van der Waals surface area contributed by atoms with Gasteiger partial charge in [-0.15, -0.1) is 0 Å². The van der Waals surface area contributed by atoms with E-state index in [-0.39, 0.29) is 11.2 Å². The van der Waals surface area contributed by atoms with Crippen molar-refractivity contribution in [2.24, 2.45) is 0 Å². The number of aryl methyl sites for hydroxylation is 2. The lowest BCUT2D eigenvalue weighted by Crippen LogP contribution is -2.18. The Balaban J connectivity index is 1.38. The van der Waals surface area contributed by atoms with Crippen LogP contribution in [0.5, 0.6) is 0 Å². The van der Waals surface area contributed by atoms with Gasteiger partial charge in [0, 0.05) is 43.1 Å². The van der Waals surface area contributed by atoms with Gasteiger partial charge in [-0.1, -0.05) is 79.4 Å². The monoisotopic (exact) mass is 768 g/mol. The average Bonchev–Trinajstić information content (AvgIpc) is 3.55. The van der Waals surface area contributed by atoms with E-state index >= 15 is 0 Å². The van der Waals surface area contributed by atoms with Crippen LogP contribution in [0.4, 0.5) is 34.1 Å². The van der Waals surface area contributed by atoms with Crippen molar-refractivity contribution in [3.63, 3.8) is 0 Å². The standard InChI is InChI=1S/C44H38Br2N2O/c1-29-5-14-35(15-6-29)47(36-16-7-30(2)8-17-36)39-25-32(31-9-22-41-42(27-31)44(4)24-23-43(41,3)49-44)26-40(28-39)48(37-18-10-33(45)11-19-37)38-20-12-34(46)13-21-38/h5-22,25-28H,23-24H2,1-4H3. The van der Waals surface area contributed by atoms with Crippen molar-refractivity contribution in [3.05, 3.63) is 165 Å². The molecule has 1 fully saturated rings. The van der Waals surface area contributed by atoms with Crippen molar-refractivity contribution < 1.29 is 4.74 Å². The predicted octanol–water partition coefficient (Wildman–Crippen LogP) is 13.7. The molecular weight excluding hydrogens is 732 g/mol. The van der Waals surface area contributed by atoms with Gasteiger partial charge >= 0.3 is 0 Å². The van der Waals surface area contributed by atoms with Gasteiger partial charge in [-0.3, -0.25) is 0 Å². The first-order valence-corrected chi connectivity index (χ1v) is 18.4. The van der Waals surface area contributed by atoms with E-state index in [2.05, 4.69) is 203 Å². The van der Waals surface area contributed by atoms with Crippen LogP contribution in [0.1, 0.15) is 48.9 Å². The maximum atomic E-state index is 6.68. The minimum absolute atomic E-state index is 0.205. The molecule has 2 unspecified atom stereocenters. The molecule has 8 rings (SSSR count). The zero-order chi connectivity index (χ0) is 33.9. The number of rotatable bonds is 7. The third-order valence-electron chi connectivity index (χ3n) is 10.2. The number of anilines is 6. The van der Waals surface area contributed by atoms with E-state index < -0.39 is 0 Å². The van der Waals surface area contributed by atoms with Gasteiger partial charge in [-0.05, 0) is 160 Å². The zero-order valence-corrected chi connectivity index (χ0v) is 31.3. The third kappa shape index (κ3) is 5.92. The number of halogens is 2. The molecule has 0 N–H and O–H groups in total. The molecule has 1 saturated heterocycles. The van der Waals surface area contributed by atoms with Crippen molar-refractivity contribution in [1.82, 2.24) is 0 Å². The average molecular weight is 771 g/mol. The second kappa shape index (κ2) is 12.3. The van der Waals surface area contributed by atoms with Crippen LogP contribution < -0.4 is 9.80 Å². The summed E-state index contributed by atoms with van der Waals surface area (Å²) in [4.78, 5) is 4.71. The molecule has 244 valence electrons. The molecule has 49 heavy (non-hydrogen) atoms. The van der Waals surface area contributed by atoms with Gasteiger partial charge in [0.15, 0.2) is 0 Å². The largest absolute Gasteiger partial charge is 0.360 e. The van der Waals surface area contributed by atoms with E-state index in [1.54, 1.807) is 0 Å². The SMILES string of the molecule is Cc1ccc(N(c2ccc(C)cc2)c2cc(-c3ccc4c(c3)C3(C)CCC4(C)O3)cc(N(c3ccc(Br)cc3)c3ccc(Br)cc3)c2)cc1. The summed E-state index contributed by atoms with van der Waals surface area (Å²) in [6.07, 6.45) is 2.10. The van der Waals surface area contributed by atoms with Gasteiger partial charge in [0.2, 0.25) is 0 Å². The number of nitrogens with zero attached hydrogens (tertiary/aromatic N) is 2. The summed E-state index contributed by atoms with van der Waals surface area (Å²) in [6.45, 7) is 8.78. The first-order valence-electron chi connectivity index (χ1n) is 16.8. The van der Waals surface area contributed by atoms with Crippen LogP contribution in [0, 0.1) is 13.8 Å². The van der Waals surface area contributed by atoms with E-state index in [0.717, 1.165) is 61.5 Å². The maximum Gasteiger partial charge on any atom is 0.0920 e. The van der Waals surface area contributed by atoms with E-state index in [1.165, 1.54) is 27.8 Å². The summed E-state index contributed by atoms with van der Waals surface area (Å²) >= 11 is 7.31. The summed E-state index contributed by atoms with van der Waals surface area (Å²) in [5.41, 5.74) is 13.5. The highest BCUT2D eigenvalue weighted by Crippen LogP contribution is 2.58. The molecule has 2 bridgehead atoms. The molecule has 0 saturated carbocycles. The van der Waals surface area contributed by atoms with Crippen molar-refractivity contribution in [2.75, 3.05) is 9.80 Å².